The van der Waals surface area contributed by atoms with Crippen LogP contribution in [-0.2, 0) is 0 Å². The van der Waals surface area contributed by atoms with Gasteiger partial charge in [-0.3, -0.25) is 0 Å². The standard InChI is InChI=1S/C14H19BrN2O2/c1-17(11-6-4-2-3-5-7-11)13-12(14(18)19)8-10(15)9-16-13/h8-9,11H,2-7H2,1H3,(H,18,19). The molecule has 1 heterocycles. The predicted octanol–water partition coefficient (Wildman–Crippen LogP) is 3.70. The van der Waals surface area contributed by atoms with Crippen LogP contribution in [0.25, 0.3) is 0 Å². The molecule has 4 nitrogen and oxygen atoms in total. The van der Waals surface area contributed by atoms with E-state index in [4.69, 9.17) is 0 Å². The summed E-state index contributed by atoms with van der Waals surface area (Å²) in [6.45, 7) is 0. The minimum absolute atomic E-state index is 0.265. The van der Waals surface area contributed by atoms with E-state index in [1.54, 1.807) is 12.3 Å². The molecule has 0 aromatic carbocycles. The molecular weight excluding hydrogens is 308 g/mol. The zero-order chi connectivity index (χ0) is 13.8. The topological polar surface area (TPSA) is 53.4 Å². The van der Waals surface area contributed by atoms with Crippen LogP contribution in [0.1, 0.15) is 48.9 Å². The van der Waals surface area contributed by atoms with Gasteiger partial charge in [0.2, 0.25) is 0 Å². The molecule has 0 amide bonds. The Bertz CT molecular complexity index is 457. The molecule has 5 heteroatoms. The van der Waals surface area contributed by atoms with Gasteiger partial charge in [-0.05, 0) is 34.8 Å². The number of halogens is 1. The minimum Gasteiger partial charge on any atom is -0.478 e. The van der Waals surface area contributed by atoms with Gasteiger partial charge in [0, 0.05) is 23.8 Å². The Balaban J connectivity index is 2.26. The van der Waals surface area contributed by atoms with Gasteiger partial charge in [0.15, 0.2) is 0 Å². The molecular formula is C14H19BrN2O2. The highest BCUT2D eigenvalue weighted by molar-refractivity contribution is 9.10. The van der Waals surface area contributed by atoms with Gasteiger partial charge in [-0.2, -0.15) is 0 Å². The van der Waals surface area contributed by atoms with Crippen LogP contribution in [0.3, 0.4) is 0 Å². The van der Waals surface area contributed by atoms with Crippen LogP contribution < -0.4 is 4.90 Å². The lowest BCUT2D eigenvalue weighted by molar-refractivity contribution is 0.0697. The van der Waals surface area contributed by atoms with E-state index in [1.165, 1.54) is 25.7 Å². The van der Waals surface area contributed by atoms with Gasteiger partial charge < -0.3 is 10.0 Å². The summed E-state index contributed by atoms with van der Waals surface area (Å²) in [5, 5.41) is 9.31. The minimum atomic E-state index is -0.927. The maximum absolute atomic E-state index is 11.3. The lowest BCUT2D eigenvalue weighted by Gasteiger charge is -2.29. The third-order valence-corrected chi connectivity index (χ3v) is 4.20. The first kappa shape index (κ1) is 14.3. The normalized spacial score (nSPS) is 16.9. The zero-order valence-electron chi connectivity index (χ0n) is 11.1. The number of anilines is 1. The van der Waals surface area contributed by atoms with Crippen LogP contribution >= 0.6 is 15.9 Å². The summed E-state index contributed by atoms with van der Waals surface area (Å²) in [6.07, 6.45) is 8.89. The number of hydrogen-bond acceptors (Lipinski definition) is 3. The lowest BCUT2D eigenvalue weighted by Crippen LogP contribution is -2.33. The highest BCUT2D eigenvalue weighted by Gasteiger charge is 2.22. The van der Waals surface area contributed by atoms with E-state index < -0.39 is 5.97 Å². The van der Waals surface area contributed by atoms with Crippen molar-refractivity contribution in [3.63, 3.8) is 0 Å². The highest BCUT2D eigenvalue weighted by Crippen LogP contribution is 2.27. The van der Waals surface area contributed by atoms with Crippen LogP contribution in [0.15, 0.2) is 16.7 Å². The van der Waals surface area contributed by atoms with Crippen molar-refractivity contribution < 1.29 is 9.90 Å². The summed E-state index contributed by atoms with van der Waals surface area (Å²) in [7, 11) is 1.96. The van der Waals surface area contributed by atoms with Gasteiger partial charge in [0.25, 0.3) is 0 Å². The van der Waals surface area contributed by atoms with Crippen LogP contribution in [0.2, 0.25) is 0 Å². The number of carboxylic acid groups (broad SMARTS) is 1. The molecule has 19 heavy (non-hydrogen) atoms. The maximum Gasteiger partial charge on any atom is 0.339 e. The molecule has 0 bridgehead atoms. The number of carbonyl (C=O) groups is 1. The summed E-state index contributed by atoms with van der Waals surface area (Å²) >= 11 is 3.28. The average Bonchev–Trinajstić information content (AvgIpc) is 2.66. The van der Waals surface area contributed by atoms with Crippen molar-refractivity contribution in [1.29, 1.82) is 0 Å². The molecule has 0 spiro atoms. The Hall–Kier alpha value is -1.10. The molecule has 0 unspecified atom stereocenters. The molecule has 1 fully saturated rings. The Morgan fingerprint density at radius 1 is 1.37 bits per heavy atom. The number of aromatic nitrogens is 1. The van der Waals surface area contributed by atoms with E-state index in [0.29, 0.717) is 16.3 Å². The Morgan fingerprint density at radius 2 is 2.00 bits per heavy atom. The van der Waals surface area contributed by atoms with Crippen molar-refractivity contribution in [1.82, 2.24) is 4.98 Å². The molecule has 1 aromatic heterocycles. The van der Waals surface area contributed by atoms with Crippen molar-refractivity contribution in [2.75, 3.05) is 11.9 Å². The van der Waals surface area contributed by atoms with E-state index in [1.807, 2.05) is 11.9 Å². The van der Waals surface area contributed by atoms with E-state index in [9.17, 15) is 9.90 Å². The van der Waals surface area contributed by atoms with Gasteiger partial charge in [0.05, 0.1) is 0 Å². The fraction of sp³-hybridized carbons (Fsp3) is 0.571. The van der Waals surface area contributed by atoms with E-state index in [0.717, 1.165) is 12.8 Å². The fourth-order valence-electron chi connectivity index (χ4n) is 2.69. The largest absolute Gasteiger partial charge is 0.478 e. The average molecular weight is 327 g/mol. The monoisotopic (exact) mass is 326 g/mol. The maximum atomic E-state index is 11.3. The molecule has 1 aromatic rings. The molecule has 1 aliphatic carbocycles. The Labute approximate surface area is 122 Å². The number of carboxylic acids is 1. The summed E-state index contributed by atoms with van der Waals surface area (Å²) in [6, 6.07) is 2.02. The molecule has 0 aliphatic heterocycles. The van der Waals surface area contributed by atoms with Crippen molar-refractivity contribution in [2.45, 2.75) is 44.6 Å². The fourth-order valence-corrected chi connectivity index (χ4v) is 3.02. The third kappa shape index (κ3) is 3.47. The first-order valence-electron chi connectivity index (χ1n) is 6.71. The molecule has 2 rings (SSSR count). The molecule has 0 atom stereocenters. The number of aromatic carboxylic acids is 1. The SMILES string of the molecule is CN(c1ncc(Br)cc1C(=O)O)C1CCCCCC1. The summed E-state index contributed by atoms with van der Waals surface area (Å²) in [5.41, 5.74) is 0.265. The van der Waals surface area contributed by atoms with Crippen LogP contribution in [-0.4, -0.2) is 29.1 Å². The van der Waals surface area contributed by atoms with Gasteiger partial charge in [-0.15, -0.1) is 0 Å². The molecule has 0 radical (unpaired) electrons. The van der Waals surface area contributed by atoms with Crippen LogP contribution in [0.5, 0.6) is 0 Å². The molecule has 1 N–H and O–H groups in total. The number of nitrogens with zero attached hydrogens (tertiary/aromatic N) is 2. The van der Waals surface area contributed by atoms with Crippen LogP contribution in [0, 0.1) is 0 Å². The highest BCUT2D eigenvalue weighted by atomic mass is 79.9. The number of hydrogen-bond donors (Lipinski definition) is 1. The summed E-state index contributed by atoms with van der Waals surface area (Å²) in [5.74, 6) is -0.355. The zero-order valence-corrected chi connectivity index (χ0v) is 12.7. The van der Waals surface area contributed by atoms with Gasteiger partial charge >= 0.3 is 5.97 Å². The second kappa shape index (κ2) is 6.37. The predicted molar refractivity (Wildman–Crippen MR) is 78.8 cm³/mol. The van der Waals surface area contributed by atoms with E-state index in [-0.39, 0.29) is 5.56 Å². The lowest BCUT2D eigenvalue weighted by atomic mass is 10.1. The van der Waals surface area contributed by atoms with E-state index in [2.05, 4.69) is 20.9 Å². The first-order chi connectivity index (χ1) is 9.09. The van der Waals surface area contributed by atoms with Crippen molar-refractivity contribution in [2.24, 2.45) is 0 Å². The molecule has 1 saturated carbocycles. The van der Waals surface area contributed by atoms with Crippen LogP contribution in [0.4, 0.5) is 5.82 Å². The second-order valence-electron chi connectivity index (χ2n) is 5.09. The van der Waals surface area contributed by atoms with Crippen molar-refractivity contribution >= 4 is 27.7 Å². The number of pyridine rings is 1. The van der Waals surface area contributed by atoms with Gasteiger partial charge in [0.1, 0.15) is 11.4 Å². The van der Waals surface area contributed by atoms with E-state index >= 15 is 0 Å². The Kier molecular flexibility index (Phi) is 4.80. The molecule has 0 saturated heterocycles. The Morgan fingerprint density at radius 3 is 2.58 bits per heavy atom. The smallest absolute Gasteiger partial charge is 0.339 e. The van der Waals surface area contributed by atoms with Gasteiger partial charge in [-0.1, -0.05) is 25.7 Å². The molecule has 1 aliphatic rings. The quantitative estimate of drug-likeness (QED) is 0.860. The van der Waals surface area contributed by atoms with Crippen molar-refractivity contribution in [3.05, 3.63) is 22.3 Å². The second-order valence-corrected chi connectivity index (χ2v) is 6.00. The third-order valence-electron chi connectivity index (χ3n) is 3.77. The number of rotatable bonds is 3. The molecule has 104 valence electrons. The summed E-state index contributed by atoms with van der Waals surface area (Å²) < 4.78 is 0.697. The van der Waals surface area contributed by atoms with Gasteiger partial charge in [-0.25, -0.2) is 9.78 Å². The summed E-state index contributed by atoms with van der Waals surface area (Å²) in [4.78, 5) is 17.7. The first-order valence-corrected chi connectivity index (χ1v) is 7.50. The van der Waals surface area contributed by atoms with Crippen molar-refractivity contribution in [3.8, 4) is 0 Å².